The standard InChI is InChI=1S/C12H11ClN4OS/c1-7-10(19-12(14)16-7)11(18)17-15-6-8-3-2-4-9(13)5-8/h2-6H,1H3,(H2,14,16)(H,17,18)/b15-6+. The first-order valence-corrected chi connectivity index (χ1v) is 6.57. The lowest BCUT2D eigenvalue weighted by Gasteiger charge is -1.97. The lowest BCUT2D eigenvalue weighted by molar-refractivity contribution is 0.0958. The van der Waals surface area contributed by atoms with Crippen molar-refractivity contribution in [3.8, 4) is 0 Å². The topological polar surface area (TPSA) is 80.4 Å². The zero-order valence-corrected chi connectivity index (χ0v) is 11.6. The number of anilines is 1. The average Bonchev–Trinajstić information content (AvgIpc) is 2.68. The average molecular weight is 295 g/mol. The van der Waals surface area contributed by atoms with Gasteiger partial charge < -0.3 is 5.73 Å². The van der Waals surface area contributed by atoms with Crippen molar-refractivity contribution in [3.05, 3.63) is 45.4 Å². The number of nitrogen functional groups attached to an aromatic ring is 1. The number of nitrogens with two attached hydrogens (primary N) is 1. The van der Waals surface area contributed by atoms with Crippen molar-refractivity contribution < 1.29 is 4.79 Å². The Hall–Kier alpha value is -1.92. The van der Waals surface area contributed by atoms with E-state index >= 15 is 0 Å². The van der Waals surface area contributed by atoms with Gasteiger partial charge in [0.2, 0.25) is 0 Å². The van der Waals surface area contributed by atoms with Crippen LogP contribution in [-0.4, -0.2) is 17.1 Å². The first-order valence-electron chi connectivity index (χ1n) is 5.38. The molecule has 0 atom stereocenters. The third-order valence-electron chi connectivity index (χ3n) is 2.25. The van der Waals surface area contributed by atoms with Gasteiger partial charge in [0.25, 0.3) is 5.91 Å². The normalized spacial score (nSPS) is 10.8. The van der Waals surface area contributed by atoms with E-state index in [-0.39, 0.29) is 5.91 Å². The Morgan fingerprint density at radius 3 is 3.00 bits per heavy atom. The lowest BCUT2D eigenvalue weighted by Crippen LogP contribution is -2.17. The van der Waals surface area contributed by atoms with Crippen molar-refractivity contribution >= 4 is 40.2 Å². The summed E-state index contributed by atoms with van der Waals surface area (Å²) in [6.07, 6.45) is 1.52. The van der Waals surface area contributed by atoms with Crippen LogP contribution in [0.1, 0.15) is 20.9 Å². The van der Waals surface area contributed by atoms with Crippen LogP contribution in [0.25, 0.3) is 0 Å². The number of aromatic nitrogens is 1. The molecule has 5 nitrogen and oxygen atoms in total. The fourth-order valence-corrected chi connectivity index (χ4v) is 2.35. The van der Waals surface area contributed by atoms with E-state index in [4.69, 9.17) is 17.3 Å². The summed E-state index contributed by atoms with van der Waals surface area (Å²) in [4.78, 5) is 16.2. The van der Waals surface area contributed by atoms with Gasteiger partial charge in [0, 0.05) is 5.02 Å². The summed E-state index contributed by atoms with van der Waals surface area (Å²) in [5.41, 5.74) is 9.35. The zero-order valence-electron chi connectivity index (χ0n) is 10.1. The molecule has 0 aliphatic carbocycles. The highest BCUT2D eigenvalue weighted by Gasteiger charge is 2.13. The number of benzene rings is 1. The minimum atomic E-state index is -0.329. The van der Waals surface area contributed by atoms with E-state index in [1.54, 1.807) is 25.1 Å². The fraction of sp³-hybridized carbons (Fsp3) is 0.0833. The second-order valence-corrected chi connectivity index (χ2v) is 5.19. The van der Waals surface area contributed by atoms with Crippen LogP contribution >= 0.6 is 22.9 Å². The van der Waals surface area contributed by atoms with Crippen LogP contribution < -0.4 is 11.2 Å². The van der Waals surface area contributed by atoms with Crippen LogP contribution in [0.5, 0.6) is 0 Å². The molecule has 1 aromatic carbocycles. The minimum absolute atomic E-state index is 0.329. The van der Waals surface area contributed by atoms with Gasteiger partial charge in [-0.1, -0.05) is 35.1 Å². The number of carbonyl (C=O) groups is 1. The fourth-order valence-electron chi connectivity index (χ4n) is 1.43. The van der Waals surface area contributed by atoms with E-state index in [0.717, 1.165) is 16.9 Å². The SMILES string of the molecule is Cc1nc(N)sc1C(=O)N/N=C/c1cccc(Cl)c1. The number of hydrazone groups is 1. The van der Waals surface area contributed by atoms with Crippen molar-refractivity contribution in [1.82, 2.24) is 10.4 Å². The van der Waals surface area contributed by atoms with Gasteiger partial charge in [-0.05, 0) is 24.6 Å². The minimum Gasteiger partial charge on any atom is -0.375 e. The summed E-state index contributed by atoms with van der Waals surface area (Å²) in [5, 5.41) is 4.84. The van der Waals surface area contributed by atoms with Crippen LogP contribution in [0.3, 0.4) is 0 Å². The van der Waals surface area contributed by atoms with Crippen LogP contribution in [0.2, 0.25) is 5.02 Å². The van der Waals surface area contributed by atoms with Crippen LogP contribution in [0.4, 0.5) is 5.13 Å². The molecular weight excluding hydrogens is 284 g/mol. The molecule has 0 saturated carbocycles. The van der Waals surface area contributed by atoms with E-state index in [2.05, 4.69) is 15.5 Å². The maximum Gasteiger partial charge on any atom is 0.283 e. The van der Waals surface area contributed by atoms with Crippen molar-refractivity contribution in [2.45, 2.75) is 6.92 Å². The summed E-state index contributed by atoms with van der Waals surface area (Å²) < 4.78 is 0. The number of nitrogens with zero attached hydrogens (tertiary/aromatic N) is 2. The number of hydrogen-bond acceptors (Lipinski definition) is 5. The second kappa shape index (κ2) is 5.81. The predicted octanol–water partition coefficient (Wildman–Crippen LogP) is 2.45. The van der Waals surface area contributed by atoms with E-state index in [1.807, 2.05) is 6.07 Å². The Morgan fingerprint density at radius 1 is 1.58 bits per heavy atom. The number of halogens is 1. The van der Waals surface area contributed by atoms with Crippen molar-refractivity contribution in [2.24, 2.45) is 5.10 Å². The third-order valence-corrected chi connectivity index (χ3v) is 3.47. The van der Waals surface area contributed by atoms with Gasteiger partial charge in [-0.25, -0.2) is 10.4 Å². The molecule has 2 rings (SSSR count). The number of hydrogen-bond donors (Lipinski definition) is 2. The molecule has 19 heavy (non-hydrogen) atoms. The van der Waals surface area contributed by atoms with Gasteiger partial charge in [0.15, 0.2) is 5.13 Å². The van der Waals surface area contributed by atoms with Crippen molar-refractivity contribution in [2.75, 3.05) is 5.73 Å². The quantitative estimate of drug-likeness (QED) is 0.674. The van der Waals surface area contributed by atoms with E-state index in [0.29, 0.717) is 20.7 Å². The van der Waals surface area contributed by atoms with Gasteiger partial charge in [-0.3, -0.25) is 4.79 Å². The molecular formula is C12H11ClN4OS. The Bertz CT molecular complexity index is 638. The van der Waals surface area contributed by atoms with Gasteiger partial charge in [0.05, 0.1) is 11.9 Å². The second-order valence-electron chi connectivity index (χ2n) is 3.72. The molecule has 1 heterocycles. The molecule has 0 saturated heterocycles. The molecule has 0 spiro atoms. The number of rotatable bonds is 3. The highest BCUT2D eigenvalue weighted by atomic mass is 35.5. The number of amides is 1. The maximum atomic E-state index is 11.8. The first kappa shape index (κ1) is 13.5. The molecule has 0 radical (unpaired) electrons. The summed E-state index contributed by atoms with van der Waals surface area (Å²) >= 11 is 6.97. The molecule has 1 aromatic heterocycles. The van der Waals surface area contributed by atoms with Crippen LogP contribution in [-0.2, 0) is 0 Å². The van der Waals surface area contributed by atoms with Crippen LogP contribution in [0.15, 0.2) is 29.4 Å². The summed E-state index contributed by atoms with van der Waals surface area (Å²) in [6.45, 7) is 1.72. The highest BCUT2D eigenvalue weighted by Crippen LogP contribution is 2.19. The smallest absolute Gasteiger partial charge is 0.283 e. The van der Waals surface area contributed by atoms with Gasteiger partial charge in [-0.15, -0.1) is 0 Å². The summed E-state index contributed by atoms with van der Waals surface area (Å²) in [6, 6.07) is 7.14. The van der Waals surface area contributed by atoms with Gasteiger partial charge >= 0.3 is 0 Å². The van der Waals surface area contributed by atoms with Crippen molar-refractivity contribution in [1.29, 1.82) is 0 Å². The lowest BCUT2D eigenvalue weighted by atomic mass is 10.2. The number of nitrogens with one attached hydrogen (secondary N) is 1. The van der Waals surface area contributed by atoms with Gasteiger partial charge in [-0.2, -0.15) is 5.10 Å². The Morgan fingerprint density at radius 2 is 2.37 bits per heavy atom. The highest BCUT2D eigenvalue weighted by molar-refractivity contribution is 7.17. The molecule has 98 valence electrons. The Labute approximate surface area is 119 Å². The predicted molar refractivity (Wildman–Crippen MR) is 77.8 cm³/mol. The molecule has 0 unspecified atom stereocenters. The monoisotopic (exact) mass is 294 g/mol. The number of thiazole rings is 1. The van der Waals surface area contributed by atoms with E-state index in [9.17, 15) is 4.79 Å². The maximum absolute atomic E-state index is 11.8. The molecule has 2 aromatic rings. The summed E-state index contributed by atoms with van der Waals surface area (Å²) in [5.74, 6) is -0.329. The number of aryl methyl sites for hydroxylation is 1. The first-order chi connectivity index (χ1) is 9.06. The Kier molecular flexibility index (Phi) is 4.13. The van der Waals surface area contributed by atoms with Crippen LogP contribution in [0, 0.1) is 6.92 Å². The third kappa shape index (κ3) is 3.52. The molecule has 0 fully saturated rings. The van der Waals surface area contributed by atoms with Gasteiger partial charge in [0.1, 0.15) is 4.88 Å². The zero-order chi connectivity index (χ0) is 13.8. The van der Waals surface area contributed by atoms with E-state index < -0.39 is 0 Å². The molecule has 1 amide bonds. The molecule has 7 heteroatoms. The largest absolute Gasteiger partial charge is 0.375 e. The van der Waals surface area contributed by atoms with E-state index in [1.165, 1.54) is 6.21 Å². The van der Waals surface area contributed by atoms with Crippen molar-refractivity contribution in [3.63, 3.8) is 0 Å². The number of carbonyl (C=O) groups excluding carboxylic acids is 1. The Balaban J connectivity index is 2.03. The molecule has 0 aliphatic rings. The molecule has 0 bridgehead atoms. The molecule has 3 N–H and O–H groups in total. The summed E-state index contributed by atoms with van der Waals surface area (Å²) in [7, 11) is 0. The molecule has 0 aliphatic heterocycles.